The molecule has 0 amide bonds. The van der Waals surface area contributed by atoms with Gasteiger partial charge in [-0.15, -0.1) is 0 Å². The molecule has 0 aliphatic carbocycles. The summed E-state index contributed by atoms with van der Waals surface area (Å²) < 4.78 is 24.9. The summed E-state index contributed by atoms with van der Waals surface area (Å²) in [6.07, 6.45) is 8.13. The number of hydrogen-bond donors (Lipinski definition) is 2. The van der Waals surface area contributed by atoms with E-state index >= 15 is 0 Å². The monoisotopic (exact) mass is 584 g/mol. The molecule has 5 rings (SSSR count). The molecule has 224 valence electrons. The van der Waals surface area contributed by atoms with Gasteiger partial charge in [0.1, 0.15) is 21.5 Å². The Hall–Kier alpha value is -3.02. The molecule has 11 heteroatoms. The lowest BCUT2D eigenvalue weighted by molar-refractivity contribution is 0.0157. The van der Waals surface area contributed by atoms with Gasteiger partial charge >= 0.3 is 0 Å². The standard InChI is InChI=1S/C28H38N6O2.C2H6O2S/c1-18(2)22-5-6-25(34-17-19(3)20(34)4)24-16-30-27(15-23(22)24)31-26-7-10-29-28(32-26)33-11-8-21(9-12-33)36-14-13-35;1-5(2,3)4/h5-7,10,15-16,18-21,35H,8-9,11-14,17H2,1-4H3,(H,29,30,31,32);1-2H3/t19-,20?;/m0./s1. The van der Waals surface area contributed by atoms with Crippen LogP contribution >= 0.6 is 0 Å². The second-order valence-electron chi connectivity index (χ2n) is 11.6. The Labute approximate surface area is 244 Å². The summed E-state index contributed by atoms with van der Waals surface area (Å²) in [5.41, 5.74) is 2.60. The highest BCUT2D eigenvalue weighted by molar-refractivity contribution is 7.89. The maximum absolute atomic E-state index is 9.63. The number of rotatable bonds is 8. The second kappa shape index (κ2) is 13.3. The molecule has 0 radical (unpaired) electrons. The van der Waals surface area contributed by atoms with Crippen molar-refractivity contribution in [3.8, 4) is 0 Å². The predicted octanol–water partition coefficient (Wildman–Crippen LogP) is 4.37. The van der Waals surface area contributed by atoms with Gasteiger partial charge in [0.15, 0.2) is 0 Å². The van der Waals surface area contributed by atoms with Gasteiger partial charge in [0.2, 0.25) is 5.95 Å². The van der Waals surface area contributed by atoms with Gasteiger partial charge in [-0.2, -0.15) is 4.98 Å². The summed E-state index contributed by atoms with van der Waals surface area (Å²) in [7, 11) is -2.67. The van der Waals surface area contributed by atoms with E-state index in [2.05, 4.69) is 66.0 Å². The van der Waals surface area contributed by atoms with Crippen LogP contribution in [0.1, 0.15) is 52.0 Å². The summed E-state index contributed by atoms with van der Waals surface area (Å²) in [6.45, 7) is 12.3. The summed E-state index contributed by atoms with van der Waals surface area (Å²) in [5, 5.41) is 14.8. The predicted molar refractivity (Wildman–Crippen MR) is 166 cm³/mol. The zero-order valence-corrected chi connectivity index (χ0v) is 25.9. The molecule has 2 N–H and O–H groups in total. The molecule has 1 aromatic carbocycles. The normalized spacial score (nSPS) is 19.6. The van der Waals surface area contributed by atoms with Crippen LogP contribution in [0.25, 0.3) is 10.8 Å². The minimum absolute atomic E-state index is 0.0659. The Morgan fingerprint density at radius 1 is 1.07 bits per heavy atom. The first-order chi connectivity index (χ1) is 19.4. The molecule has 2 atom stereocenters. The van der Waals surface area contributed by atoms with Crippen molar-refractivity contribution in [3.63, 3.8) is 0 Å². The Morgan fingerprint density at radius 3 is 2.39 bits per heavy atom. The van der Waals surface area contributed by atoms with Crippen LogP contribution in [-0.4, -0.2) is 86.0 Å². The van der Waals surface area contributed by atoms with Crippen LogP contribution in [0.5, 0.6) is 0 Å². The molecule has 0 spiro atoms. The van der Waals surface area contributed by atoms with Crippen molar-refractivity contribution in [1.82, 2.24) is 15.0 Å². The third-order valence-electron chi connectivity index (χ3n) is 7.71. The van der Waals surface area contributed by atoms with Crippen LogP contribution in [-0.2, 0) is 14.6 Å². The van der Waals surface area contributed by atoms with Crippen molar-refractivity contribution in [1.29, 1.82) is 0 Å². The summed E-state index contributed by atoms with van der Waals surface area (Å²) in [4.78, 5) is 18.7. The number of nitrogens with zero attached hydrogens (tertiary/aromatic N) is 5. The van der Waals surface area contributed by atoms with Gasteiger partial charge in [0, 0.05) is 61.7 Å². The Kier molecular flexibility index (Phi) is 10.0. The Balaban J connectivity index is 0.000000714. The van der Waals surface area contributed by atoms with Crippen molar-refractivity contribution in [3.05, 3.63) is 42.2 Å². The first-order valence-electron chi connectivity index (χ1n) is 14.4. The van der Waals surface area contributed by atoms with E-state index in [-0.39, 0.29) is 12.7 Å². The van der Waals surface area contributed by atoms with E-state index in [1.807, 2.05) is 12.3 Å². The maximum atomic E-state index is 9.63. The number of anilines is 4. The number of benzene rings is 1. The molecular weight excluding hydrogens is 540 g/mol. The number of sulfone groups is 1. The molecule has 2 fully saturated rings. The average molecular weight is 585 g/mol. The molecule has 1 unspecified atom stereocenters. The van der Waals surface area contributed by atoms with Gasteiger partial charge in [-0.25, -0.2) is 18.4 Å². The van der Waals surface area contributed by atoms with Gasteiger partial charge in [0.05, 0.1) is 19.3 Å². The van der Waals surface area contributed by atoms with E-state index < -0.39 is 9.84 Å². The lowest BCUT2D eigenvalue weighted by Gasteiger charge is -2.47. The van der Waals surface area contributed by atoms with Crippen LogP contribution in [0, 0.1) is 5.92 Å². The van der Waals surface area contributed by atoms with E-state index in [1.54, 1.807) is 6.20 Å². The van der Waals surface area contributed by atoms with Crippen molar-refractivity contribution in [2.75, 3.05) is 60.5 Å². The Bertz CT molecular complexity index is 1420. The maximum Gasteiger partial charge on any atom is 0.227 e. The van der Waals surface area contributed by atoms with Crippen LogP contribution in [0.3, 0.4) is 0 Å². The van der Waals surface area contributed by atoms with Crippen molar-refractivity contribution >= 4 is 43.9 Å². The number of hydrogen-bond acceptors (Lipinski definition) is 10. The smallest absolute Gasteiger partial charge is 0.227 e. The van der Waals surface area contributed by atoms with Crippen LogP contribution < -0.4 is 15.1 Å². The molecular formula is C30H44N6O4S. The first kappa shape index (κ1) is 30.9. The summed E-state index contributed by atoms with van der Waals surface area (Å²) in [5.74, 6) is 3.36. The SMILES string of the molecule is CC(C)c1ccc(N2C[C@H](C)C2C)c2cnc(Nc3ccnc(N4CCC(OCCO)CC4)n3)cc12.CS(C)(=O)=O. The minimum Gasteiger partial charge on any atom is -0.394 e. The highest BCUT2D eigenvalue weighted by Gasteiger charge is 2.33. The summed E-state index contributed by atoms with van der Waals surface area (Å²) in [6, 6.07) is 9.13. The van der Waals surface area contributed by atoms with E-state index in [4.69, 9.17) is 19.8 Å². The minimum atomic E-state index is -2.67. The molecule has 2 saturated heterocycles. The lowest BCUT2D eigenvalue weighted by Crippen LogP contribution is -2.53. The number of pyridine rings is 1. The van der Waals surface area contributed by atoms with E-state index in [1.165, 1.54) is 22.0 Å². The number of aliphatic hydroxyl groups excluding tert-OH is 1. The molecule has 2 aromatic heterocycles. The fourth-order valence-electron chi connectivity index (χ4n) is 5.33. The molecule has 4 heterocycles. The van der Waals surface area contributed by atoms with E-state index in [0.717, 1.165) is 56.6 Å². The second-order valence-corrected chi connectivity index (χ2v) is 13.9. The third kappa shape index (κ3) is 8.05. The molecule has 2 aliphatic rings. The zero-order chi connectivity index (χ0) is 29.7. The van der Waals surface area contributed by atoms with Crippen molar-refractivity contribution in [2.24, 2.45) is 5.92 Å². The molecule has 0 bridgehead atoms. The van der Waals surface area contributed by atoms with E-state index in [0.29, 0.717) is 30.4 Å². The van der Waals surface area contributed by atoms with Gasteiger partial charge in [-0.05, 0) is 60.7 Å². The molecule has 3 aromatic rings. The highest BCUT2D eigenvalue weighted by Crippen LogP contribution is 2.39. The van der Waals surface area contributed by atoms with Crippen LogP contribution in [0.15, 0.2) is 36.7 Å². The fourth-order valence-corrected chi connectivity index (χ4v) is 5.33. The highest BCUT2D eigenvalue weighted by atomic mass is 32.2. The molecule has 10 nitrogen and oxygen atoms in total. The van der Waals surface area contributed by atoms with Crippen molar-refractivity contribution in [2.45, 2.75) is 58.6 Å². The van der Waals surface area contributed by atoms with Crippen LogP contribution in [0.2, 0.25) is 0 Å². The number of piperidine rings is 1. The van der Waals surface area contributed by atoms with Crippen molar-refractivity contribution < 1.29 is 18.3 Å². The topological polar surface area (TPSA) is 121 Å². The summed E-state index contributed by atoms with van der Waals surface area (Å²) >= 11 is 0. The number of aliphatic hydroxyl groups is 1. The largest absolute Gasteiger partial charge is 0.394 e. The first-order valence-corrected chi connectivity index (χ1v) is 16.7. The number of nitrogens with one attached hydrogen (secondary N) is 1. The third-order valence-corrected chi connectivity index (χ3v) is 7.71. The molecule has 0 saturated carbocycles. The quantitative estimate of drug-likeness (QED) is 0.395. The Morgan fingerprint density at radius 2 is 1.78 bits per heavy atom. The van der Waals surface area contributed by atoms with Gasteiger partial charge in [-0.3, -0.25) is 0 Å². The van der Waals surface area contributed by atoms with E-state index in [9.17, 15) is 8.42 Å². The van der Waals surface area contributed by atoms with Gasteiger partial charge < -0.3 is 25.0 Å². The zero-order valence-electron chi connectivity index (χ0n) is 25.0. The van der Waals surface area contributed by atoms with Gasteiger partial charge in [0.25, 0.3) is 0 Å². The number of aromatic nitrogens is 3. The average Bonchev–Trinajstić information content (AvgIpc) is 2.93. The number of fused-ring (bicyclic) bond motifs is 1. The molecule has 2 aliphatic heterocycles. The number of ether oxygens (including phenoxy) is 1. The van der Waals surface area contributed by atoms with Crippen LogP contribution in [0.4, 0.5) is 23.3 Å². The molecule has 41 heavy (non-hydrogen) atoms. The lowest BCUT2D eigenvalue weighted by atomic mass is 9.89. The fraction of sp³-hybridized carbons (Fsp3) is 0.567. The van der Waals surface area contributed by atoms with Gasteiger partial charge in [-0.1, -0.05) is 26.8 Å².